The summed E-state index contributed by atoms with van der Waals surface area (Å²) in [6, 6.07) is 3.71. The highest BCUT2D eigenvalue weighted by Gasteiger charge is 2.42. The zero-order chi connectivity index (χ0) is 17.5. The average Bonchev–Trinajstić information content (AvgIpc) is 2.89. The monoisotopic (exact) mass is 330 g/mol. The number of benzene rings is 1. The number of carbonyl (C=O) groups excluding carboxylic acids is 2. The SMILES string of the molecule is COC(=O)c1cc2c(cc1C1=NC(C)(C(C)C)C(=O)N1)COCC2. The summed E-state index contributed by atoms with van der Waals surface area (Å²) in [5, 5.41) is 2.83. The number of methoxy groups -OCH3 is 1. The lowest BCUT2D eigenvalue weighted by atomic mass is 9.89. The molecule has 24 heavy (non-hydrogen) atoms. The lowest BCUT2D eigenvalue weighted by Gasteiger charge is -2.21. The van der Waals surface area contributed by atoms with Gasteiger partial charge in [0.25, 0.3) is 5.91 Å². The average molecular weight is 330 g/mol. The van der Waals surface area contributed by atoms with E-state index < -0.39 is 11.5 Å². The Morgan fingerprint density at radius 2 is 2.12 bits per heavy atom. The molecule has 1 amide bonds. The van der Waals surface area contributed by atoms with Crippen LogP contribution in [0.3, 0.4) is 0 Å². The highest BCUT2D eigenvalue weighted by molar-refractivity contribution is 6.18. The summed E-state index contributed by atoms with van der Waals surface area (Å²) in [5.74, 6) is -0.130. The van der Waals surface area contributed by atoms with Gasteiger partial charge in [-0.05, 0) is 42.5 Å². The van der Waals surface area contributed by atoms with Gasteiger partial charge in [-0.25, -0.2) is 4.79 Å². The summed E-state index contributed by atoms with van der Waals surface area (Å²) in [6.45, 7) is 6.84. The van der Waals surface area contributed by atoms with E-state index in [0.717, 1.165) is 17.5 Å². The predicted octanol–water partition coefficient (Wildman–Crippen LogP) is 1.84. The number of carbonyl (C=O) groups is 2. The maximum Gasteiger partial charge on any atom is 0.338 e. The number of amidine groups is 1. The molecule has 0 saturated heterocycles. The van der Waals surface area contributed by atoms with Crippen LogP contribution < -0.4 is 5.32 Å². The molecule has 1 N–H and O–H groups in total. The summed E-state index contributed by atoms with van der Waals surface area (Å²) in [6.07, 6.45) is 0.752. The van der Waals surface area contributed by atoms with E-state index in [1.54, 1.807) is 6.92 Å². The van der Waals surface area contributed by atoms with Gasteiger partial charge in [0.15, 0.2) is 0 Å². The molecule has 0 saturated carbocycles. The predicted molar refractivity (Wildman–Crippen MR) is 89.1 cm³/mol. The number of ether oxygens (including phenoxy) is 2. The first kappa shape index (κ1) is 16.6. The fourth-order valence-corrected chi connectivity index (χ4v) is 2.96. The molecule has 1 aromatic carbocycles. The highest BCUT2D eigenvalue weighted by Crippen LogP contribution is 2.29. The van der Waals surface area contributed by atoms with Crippen LogP contribution in [0.25, 0.3) is 0 Å². The normalized spacial score (nSPS) is 22.9. The van der Waals surface area contributed by atoms with Gasteiger partial charge in [0.1, 0.15) is 11.4 Å². The molecule has 0 aromatic heterocycles. The van der Waals surface area contributed by atoms with Crippen LogP contribution in [-0.4, -0.2) is 37.0 Å². The Bertz CT molecular complexity index is 739. The molecular formula is C18H22N2O4. The molecular weight excluding hydrogens is 308 g/mol. The zero-order valence-electron chi connectivity index (χ0n) is 14.4. The first-order chi connectivity index (χ1) is 11.4. The molecule has 0 aliphatic carbocycles. The zero-order valence-corrected chi connectivity index (χ0v) is 14.4. The van der Waals surface area contributed by atoms with E-state index in [1.807, 2.05) is 26.0 Å². The first-order valence-electron chi connectivity index (χ1n) is 8.10. The van der Waals surface area contributed by atoms with Gasteiger partial charge in [-0.2, -0.15) is 0 Å². The fraction of sp³-hybridized carbons (Fsp3) is 0.500. The number of fused-ring (bicyclic) bond motifs is 1. The third kappa shape index (κ3) is 2.60. The second-order valence-electron chi connectivity index (χ2n) is 6.68. The molecule has 128 valence electrons. The van der Waals surface area contributed by atoms with E-state index in [9.17, 15) is 9.59 Å². The Balaban J connectivity index is 2.13. The Morgan fingerprint density at radius 3 is 2.75 bits per heavy atom. The smallest absolute Gasteiger partial charge is 0.338 e. The number of amides is 1. The van der Waals surface area contributed by atoms with Crippen LogP contribution in [-0.2, 0) is 27.3 Å². The number of rotatable bonds is 3. The van der Waals surface area contributed by atoms with Crippen LogP contribution in [0.15, 0.2) is 17.1 Å². The second-order valence-corrected chi connectivity index (χ2v) is 6.68. The van der Waals surface area contributed by atoms with Crippen LogP contribution >= 0.6 is 0 Å². The maximum atomic E-state index is 12.4. The van der Waals surface area contributed by atoms with Crippen LogP contribution in [0.2, 0.25) is 0 Å². The van der Waals surface area contributed by atoms with Crippen molar-refractivity contribution in [1.29, 1.82) is 0 Å². The minimum absolute atomic E-state index is 0.0394. The molecule has 2 heterocycles. The Hall–Kier alpha value is -2.21. The molecule has 0 fully saturated rings. The first-order valence-corrected chi connectivity index (χ1v) is 8.10. The quantitative estimate of drug-likeness (QED) is 0.858. The van der Waals surface area contributed by atoms with Crippen molar-refractivity contribution in [1.82, 2.24) is 5.32 Å². The number of nitrogens with one attached hydrogen (secondary N) is 1. The standard InChI is InChI=1S/C18H22N2O4/c1-10(2)18(3)17(22)19-15(20-18)13-8-12-9-24-6-5-11(12)7-14(13)16(21)23-4/h7-8,10H,5-6,9H2,1-4H3,(H,19,20,22). The Morgan fingerprint density at radius 1 is 1.38 bits per heavy atom. The topological polar surface area (TPSA) is 77.0 Å². The van der Waals surface area contributed by atoms with Crippen molar-refractivity contribution >= 4 is 17.7 Å². The van der Waals surface area contributed by atoms with Crippen molar-refractivity contribution in [3.8, 4) is 0 Å². The molecule has 3 rings (SSSR count). The third-order valence-electron chi connectivity index (χ3n) is 4.93. The molecule has 0 bridgehead atoms. The summed E-state index contributed by atoms with van der Waals surface area (Å²) < 4.78 is 10.4. The molecule has 2 aliphatic heterocycles. The molecule has 6 nitrogen and oxygen atoms in total. The Labute approximate surface area is 141 Å². The van der Waals surface area contributed by atoms with Gasteiger partial charge in [-0.1, -0.05) is 13.8 Å². The molecule has 6 heteroatoms. The number of nitrogens with zero attached hydrogens (tertiary/aromatic N) is 1. The molecule has 0 spiro atoms. The minimum Gasteiger partial charge on any atom is -0.465 e. The van der Waals surface area contributed by atoms with Crippen molar-refractivity contribution in [2.24, 2.45) is 10.9 Å². The van der Waals surface area contributed by atoms with Gasteiger partial charge in [0.05, 0.1) is 25.9 Å². The lowest BCUT2D eigenvalue weighted by molar-refractivity contribution is -0.124. The molecule has 1 aromatic rings. The molecule has 2 aliphatic rings. The van der Waals surface area contributed by atoms with Crippen molar-refractivity contribution in [2.75, 3.05) is 13.7 Å². The lowest BCUT2D eigenvalue weighted by Crippen LogP contribution is -2.41. The van der Waals surface area contributed by atoms with Crippen molar-refractivity contribution < 1.29 is 19.1 Å². The largest absolute Gasteiger partial charge is 0.465 e. The third-order valence-corrected chi connectivity index (χ3v) is 4.93. The van der Waals surface area contributed by atoms with Gasteiger partial charge in [-0.3, -0.25) is 9.79 Å². The van der Waals surface area contributed by atoms with Gasteiger partial charge >= 0.3 is 5.97 Å². The van der Waals surface area contributed by atoms with Crippen molar-refractivity contribution in [3.63, 3.8) is 0 Å². The van der Waals surface area contributed by atoms with E-state index in [4.69, 9.17) is 9.47 Å². The van der Waals surface area contributed by atoms with Crippen LogP contribution in [0.4, 0.5) is 0 Å². The van der Waals surface area contributed by atoms with E-state index >= 15 is 0 Å². The summed E-state index contributed by atoms with van der Waals surface area (Å²) in [4.78, 5) is 29.2. The van der Waals surface area contributed by atoms with E-state index in [1.165, 1.54) is 7.11 Å². The minimum atomic E-state index is -0.838. The Kier molecular flexibility index (Phi) is 4.17. The molecule has 1 unspecified atom stereocenters. The summed E-state index contributed by atoms with van der Waals surface area (Å²) >= 11 is 0. The summed E-state index contributed by atoms with van der Waals surface area (Å²) in [5.41, 5.74) is 2.25. The number of hydrogen-bond donors (Lipinski definition) is 1. The van der Waals surface area contributed by atoms with E-state index in [-0.39, 0.29) is 11.8 Å². The number of hydrogen-bond acceptors (Lipinski definition) is 5. The van der Waals surface area contributed by atoms with Crippen LogP contribution in [0.1, 0.15) is 47.8 Å². The van der Waals surface area contributed by atoms with Gasteiger partial charge in [0.2, 0.25) is 0 Å². The van der Waals surface area contributed by atoms with Gasteiger partial charge in [-0.15, -0.1) is 0 Å². The van der Waals surface area contributed by atoms with Crippen LogP contribution in [0.5, 0.6) is 0 Å². The highest BCUT2D eigenvalue weighted by atomic mass is 16.5. The van der Waals surface area contributed by atoms with E-state index in [2.05, 4.69) is 10.3 Å². The molecule has 1 atom stereocenters. The van der Waals surface area contributed by atoms with Crippen molar-refractivity contribution in [3.05, 3.63) is 34.4 Å². The van der Waals surface area contributed by atoms with Crippen LogP contribution in [0, 0.1) is 5.92 Å². The van der Waals surface area contributed by atoms with E-state index in [0.29, 0.717) is 30.2 Å². The van der Waals surface area contributed by atoms with Gasteiger partial charge in [0, 0.05) is 5.56 Å². The fourth-order valence-electron chi connectivity index (χ4n) is 2.96. The molecule has 0 radical (unpaired) electrons. The number of esters is 1. The summed E-state index contributed by atoms with van der Waals surface area (Å²) in [7, 11) is 1.35. The van der Waals surface area contributed by atoms with Gasteiger partial charge < -0.3 is 14.8 Å². The van der Waals surface area contributed by atoms with Crippen molar-refractivity contribution in [2.45, 2.75) is 39.3 Å². The second kappa shape index (κ2) is 6.02. The maximum absolute atomic E-state index is 12.4. The number of aliphatic imine (C=N–C) groups is 1.